The highest BCUT2D eigenvalue weighted by molar-refractivity contribution is 9.11. The van der Waals surface area contributed by atoms with Gasteiger partial charge in [0.05, 0.1) is 12.7 Å². The third-order valence-electron chi connectivity index (χ3n) is 4.12. The number of piperidine rings is 1. The molecule has 2 heterocycles. The molecule has 0 amide bonds. The number of esters is 1. The first-order valence-corrected chi connectivity index (χ1v) is 8.48. The van der Waals surface area contributed by atoms with E-state index in [0.717, 1.165) is 23.5 Å². The van der Waals surface area contributed by atoms with Gasteiger partial charge < -0.3 is 10.1 Å². The number of hydrogen-bond donors (Lipinski definition) is 1. The predicted molar refractivity (Wildman–Crippen MR) is 89.9 cm³/mol. The summed E-state index contributed by atoms with van der Waals surface area (Å²) in [6.07, 6.45) is 4.82. The van der Waals surface area contributed by atoms with E-state index in [9.17, 15) is 4.79 Å². The largest absolute Gasteiger partial charge is 0.466 e. The number of likely N-dealkylation sites (tertiary alicyclic amines) is 1. The van der Waals surface area contributed by atoms with Gasteiger partial charge in [-0.1, -0.05) is 27.7 Å². The number of allylic oxidation sites excluding steroid dienone is 2. The lowest BCUT2D eigenvalue weighted by Crippen LogP contribution is -2.52. The maximum absolute atomic E-state index is 11.9. The fourth-order valence-electron chi connectivity index (χ4n) is 2.64. The van der Waals surface area contributed by atoms with Crippen LogP contribution in [0.2, 0.25) is 0 Å². The number of carbonyl (C=O) groups excluding carboxylic acids is 1. The van der Waals surface area contributed by atoms with Gasteiger partial charge in [-0.25, -0.2) is 4.79 Å². The smallest absolute Gasteiger partial charge is 0.337 e. The molecule has 2 rings (SSSR count). The highest BCUT2D eigenvalue weighted by Crippen LogP contribution is 2.27. The van der Waals surface area contributed by atoms with Crippen molar-refractivity contribution in [3.05, 3.63) is 22.3 Å². The molecule has 5 heteroatoms. The maximum atomic E-state index is 11.9. The minimum Gasteiger partial charge on any atom is -0.466 e. The molecule has 0 aromatic heterocycles. The molecule has 4 nitrogen and oxygen atoms in total. The van der Waals surface area contributed by atoms with Crippen LogP contribution in [0.5, 0.6) is 0 Å². The van der Waals surface area contributed by atoms with Crippen LogP contribution in [0, 0.1) is 11.8 Å². The lowest BCUT2D eigenvalue weighted by atomic mass is 9.88. The summed E-state index contributed by atoms with van der Waals surface area (Å²) in [4.78, 5) is 14.2. The number of dihydropyridines is 1. The number of nitrogens with one attached hydrogen (secondary N) is 1. The number of ether oxygens (including phenoxy) is 1. The van der Waals surface area contributed by atoms with Crippen LogP contribution in [-0.4, -0.2) is 37.2 Å². The summed E-state index contributed by atoms with van der Waals surface area (Å²) in [5, 5.41) is 3.29. The second-order valence-corrected chi connectivity index (χ2v) is 6.34. The van der Waals surface area contributed by atoms with Crippen LogP contribution < -0.4 is 5.32 Å². The molecule has 0 spiro atoms. The van der Waals surface area contributed by atoms with Gasteiger partial charge in [-0.15, -0.1) is 0 Å². The van der Waals surface area contributed by atoms with E-state index in [1.165, 1.54) is 13.5 Å². The zero-order valence-electron chi connectivity index (χ0n) is 13.6. The van der Waals surface area contributed by atoms with Crippen molar-refractivity contribution in [3.63, 3.8) is 0 Å². The molecule has 0 aliphatic carbocycles. The van der Waals surface area contributed by atoms with Crippen LogP contribution in [0.15, 0.2) is 22.3 Å². The van der Waals surface area contributed by atoms with Crippen LogP contribution in [0.1, 0.15) is 34.1 Å². The van der Waals surface area contributed by atoms with E-state index in [1.54, 1.807) is 0 Å². The van der Waals surface area contributed by atoms with Crippen molar-refractivity contribution in [1.29, 1.82) is 0 Å². The Hall–Kier alpha value is -0.810. The summed E-state index contributed by atoms with van der Waals surface area (Å²) < 4.78 is 5.75. The Kier molecular flexibility index (Phi) is 7.46. The number of rotatable bonds is 2. The first-order chi connectivity index (χ1) is 10.0. The van der Waals surface area contributed by atoms with Crippen LogP contribution >= 0.6 is 15.9 Å². The summed E-state index contributed by atoms with van der Waals surface area (Å²) in [6.45, 7) is 10.6. The number of hydrogen-bond acceptors (Lipinski definition) is 4. The molecule has 0 saturated carbocycles. The molecule has 2 aliphatic rings. The van der Waals surface area contributed by atoms with Gasteiger partial charge in [0.1, 0.15) is 6.17 Å². The topological polar surface area (TPSA) is 41.6 Å². The zero-order valence-corrected chi connectivity index (χ0v) is 15.2. The first kappa shape index (κ1) is 18.2. The van der Waals surface area contributed by atoms with Gasteiger partial charge in [0.25, 0.3) is 0 Å². The maximum Gasteiger partial charge on any atom is 0.337 e. The standard InChI is InChI=1S/C14H21BrN2O2.C2H6/c1-9-4-5-17(8-10(9)2)13-12(14(18)19-3)6-11(15)7-16-13;1-2/h6-7,9-10,13,16H,4-5,8H2,1-3H3;1-2H3. The molecule has 1 fully saturated rings. The highest BCUT2D eigenvalue weighted by atomic mass is 79.9. The fraction of sp³-hybridized carbons (Fsp3) is 0.688. The molecule has 1 N–H and O–H groups in total. The second kappa shape index (κ2) is 8.59. The van der Waals surface area contributed by atoms with Crippen molar-refractivity contribution in [2.24, 2.45) is 11.8 Å². The SMILES string of the molecule is CC.COC(=O)C1=CC(Br)=CNC1N1CCC(C)C(C)C1. The van der Waals surface area contributed by atoms with E-state index in [4.69, 9.17) is 4.74 Å². The summed E-state index contributed by atoms with van der Waals surface area (Å²) in [7, 11) is 1.42. The van der Waals surface area contributed by atoms with E-state index in [1.807, 2.05) is 26.1 Å². The van der Waals surface area contributed by atoms with Gasteiger partial charge in [-0.3, -0.25) is 4.90 Å². The molecular weight excluding hydrogens is 332 g/mol. The fourth-order valence-corrected chi connectivity index (χ4v) is 3.02. The normalized spacial score (nSPS) is 29.3. The Bertz CT molecular complexity index is 421. The molecule has 1 saturated heterocycles. The molecule has 120 valence electrons. The van der Waals surface area contributed by atoms with E-state index >= 15 is 0 Å². The van der Waals surface area contributed by atoms with E-state index < -0.39 is 0 Å². The zero-order chi connectivity index (χ0) is 16.0. The summed E-state index contributed by atoms with van der Waals surface area (Å²) in [5.74, 6) is 1.12. The van der Waals surface area contributed by atoms with Crippen molar-refractivity contribution >= 4 is 21.9 Å². The van der Waals surface area contributed by atoms with E-state index in [2.05, 4.69) is 40.0 Å². The average molecular weight is 359 g/mol. The van der Waals surface area contributed by atoms with Gasteiger partial charge >= 0.3 is 5.97 Å². The van der Waals surface area contributed by atoms with E-state index in [-0.39, 0.29) is 12.1 Å². The molecule has 3 unspecified atom stereocenters. The number of carbonyl (C=O) groups is 1. The second-order valence-electron chi connectivity index (χ2n) is 5.43. The number of halogens is 1. The van der Waals surface area contributed by atoms with Crippen molar-refractivity contribution in [1.82, 2.24) is 10.2 Å². The molecule has 0 radical (unpaired) electrons. The molecule has 0 bridgehead atoms. The third kappa shape index (κ3) is 4.58. The Balaban J connectivity index is 0.00000106. The quantitative estimate of drug-likeness (QED) is 0.769. The molecule has 21 heavy (non-hydrogen) atoms. The predicted octanol–water partition coefficient (Wildman–Crippen LogP) is 3.26. The minimum absolute atomic E-state index is 0.0799. The van der Waals surface area contributed by atoms with Crippen LogP contribution in [-0.2, 0) is 9.53 Å². The molecule has 0 aromatic carbocycles. The Morgan fingerprint density at radius 2 is 2.05 bits per heavy atom. The Morgan fingerprint density at radius 1 is 1.38 bits per heavy atom. The summed E-state index contributed by atoms with van der Waals surface area (Å²) >= 11 is 3.40. The van der Waals surface area contributed by atoms with Gasteiger partial charge in [0.2, 0.25) is 0 Å². The van der Waals surface area contributed by atoms with Crippen LogP contribution in [0.3, 0.4) is 0 Å². The van der Waals surface area contributed by atoms with Crippen molar-refractivity contribution in [2.45, 2.75) is 40.3 Å². The number of nitrogens with zero attached hydrogens (tertiary/aromatic N) is 1. The van der Waals surface area contributed by atoms with Crippen molar-refractivity contribution < 1.29 is 9.53 Å². The van der Waals surface area contributed by atoms with Gasteiger partial charge in [-0.2, -0.15) is 0 Å². The van der Waals surface area contributed by atoms with Crippen LogP contribution in [0.4, 0.5) is 0 Å². The van der Waals surface area contributed by atoms with Gasteiger partial charge in [0, 0.05) is 23.8 Å². The summed E-state index contributed by atoms with van der Waals surface area (Å²) in [6, 6.07) is 0. The minimum atomic E-state index is -0.270. The molecular formula is C16H27BrN2O2. The van der Waals surface area contributed by atoms with Gasteiger partial charge in [0.15, 0.2) is 0 Å². The molecule has 3 atom stereocenters. The highest BCUT2D eigenvalue weighted by Gasteiger charge is 2.33. The third-order valence-corrected chi connectivity index (χ3v) is 4.58. The van der Waals surface area contributed by atoms with Crippen molar-refractivity contribution in [2.75, 3.05) is 20.2 Å². The molecule has 2 aliphatic heterocycles. The Labute approximate surface area is 136 Å². The van der Waals surface area contributed by atoms with E-state index in [0.29, 0.717) is 11.5 Å². The lowest BCUT2D eigenvalue weighted by molar-refractivity contribution is -0.137. The first-order valence-electron chi connectivity index (χ1n) is 7.68. The monoisotopic (exact) mass is 358 g/mol. The lowest BCUT2D eigenvalue weighted by Gasteiger charge is -2.41. The average Bonchev–Trinajstić information content (AvgIpc) is 2.51. The summed E-state index contributed by atoms with van der Waals surface area (Å²) in [5.41, 5.74) is 0.665. The molecule has 0 aromatic rings. The van der Waals surface area contributed by atoms with Gasteiger partial charge in [-0.05, 0) is 40.3 Å². The Morgan fingerprint density at radius 3 is 2.62 bits per heavy atom. The van der Waals surface area contributed by atoms with Crippen LogP contribution in [0.25, 0.3) is 0 Å². The number of methoxy groups -OCH3 is 1. The van der Waals surface area contributed by atoms with Crippen molar-refractivity contribution in [3.8, 4) is 0 Å².